The Balaban J connectivity index is 1.06. The van der Waals surface area contributed by atoms with Gasteiger partial charge in [-0.25, -0.2) is 27.3 Å². The molecule has 0 saturated carbocycles. The van der Waals surface area contributed by atoms with E-state index in [1.165, 1.54) is 10.5 Å². The minimum absolute atomic E-state index is 0.145. The average molecular weight is 548 g/mol. The van der Waals surface area contributed by atoms with Crippen molar-refractivity contribution in [1.29, 1.82) is 0 Å². The number of likely N-dealkylation sites (tertiary alicyclic amines) is 2. The minimum Gasteiger partial charge on any atom is -0.446 e. The first-order valence-electron chi connectivity index (χ1n) is 13.4. The number of rotatable bonds is 4. The predicted molar refractivity (Wildman–Crippen MR) is 141 cm³/mol. The van der Waals surface area contributed by atoms with Gasteiger partial charge in [-0.3, -0.25) is 0 Å². The Bertz CT molecular complexity index is 1270. The molecule has 2 aromatic heterocycles. The number of nitrogens with zero attached hydrogens (tertiary/aromatic N) is 4. The number of hydrogen-bond donors (Lipinski definition) is 1. The second-order valence-corrected chi connectivity index (χ2v) is 13.7. The molecule has 3 fully saturated rings. The van der Waals surface area contributed by atoms with E-state index in [0.717, 1.165) is 23.9 Å². The van der Waals surface area contributed by atoms with E-state index in [2.05, 4.69) is 9.97 Å². The van der Waals surface area contributed by atoms with Gasteiger partial charge in [0.2, 0.25) is 10.0 Å². The molecular formula is C26H37N5O6S. The van der Waals surface area contributed by atoms with Gasteiger partial charge in [0.05, 0.1) is 0 Å². The largest absolute Gasteiger partial charge is 0.446 e. The quantitative estimate of drug-likeness (QED) is 0.623. The summed E-state index contributed by atoms with van der Waals surface area (Å²) < 4.78 is 39.0. The summed E-state index contributed by atoms with van der Waals surface area (Å²) in [6.07, 6.45) is 5.16. The number of carbonyl (C=O) groups excluding carboxylic acids is 2. The van der Waals surface area contributed by atoms with E-state index < -0.39 is 27.0 Å². The van der Waals surface area contributed by atoms with E-state index in [9.17, 15) is 18.0 Å². The van der Waals surface area contributed by atoms with Crippen molar-refractivity contribution < 1.29 is 27.5 Å². The molecule has 3 aliphatic heterocycles. The standard InChI is InChI=1S/C26H37N5O6S/c1-26(2,3)37-25(33)29-11-8-19(9-12-29)36-24(32)30-16-20(17-30)38(34,35)31-13-6-18(7-14-31)22-15-28-23-21(22)5-4-10-27-23/h4-5,10,15,18-20H,6-9,11-14,16-17H2,1-3H3,(H,27,28). The summed E-state index contributed by atoms with van der Waals surface area (Å²) in [7, 11) is -3.49. The summed E-state index contributed by atoms with van der Waals surface area (Å²) in [5.41, 5.74) is 1.49. The molecule has 0 unspecified atom stereocenters. The number of pyridine rings is 1. The molecule has 3 aliphatic rings. The fourth-order valence-electron chi connectivity index (χ4n) is 5.42. The van der Waals surface area contributed by atoms with E-state index in [1.807, 2.05) is 39.1 Å². The van der Waals surface area contributed by atoms with Gasteiger partial charge < -0.3 is 24.3 Å². The number of ether oxygens (including phenoxy) is 2. The molecule has 0 aliphatic carbocycles. The first-order valence-corrected chi connectivity index (χ1v) is 14.9. The van der Waals surface area contributed by atoms with Crippen LogP contribution < -0.4 is 0 Å². The molecule has 0 bridgehead atoms. The van der Waals surface area contributed by atoms with Gasteiger partial charge in [0.15, 0.2) is 0 Å². The van der Waals surface area contributed by atoms with E-state index in [4.69, 9.17) is 9.47 Å². The highest BCUT2D eigenvalue weighted by molar-refractivity contribution is 7.89. The number of piperidine rings is 2. The Kier molecular flexibility index (Phi) is 7.29. The average Bonchev–Trinajstić information content (AvgIpc) is 3.26. The molecule has 12 heteroatoms. The van der Waals surface area contributed by atoms with Crippen LogP contribution >= 0.6 is 0 Å². The van der Waals surface area contributed by atoms with Crippen molar-refractivity contribution in [2.45, 2.75) is 69.3 Å². The molecule has 0 spiro atoms. The number of carbonyl (C=O) groups is 2. The van der Waals surface area contributed by atoms with Crippen molar-refractivity contribution in [1.82, 2.24) is 24.1 Å². The van der Waals surface area contributed by atoms with Gasteiger partial charge in [0, 0.05) is 69.9 Å². The molecule has 5 heterocycles. The molecule has 11 nitrogen and oxygen atoms in total. The van der Waals surface area contributed by atoms with E-state index in [0.29, 0.717) is 39.0 Å². The van der Waals surface area contributed by atoms with Crippen LogP contribution in [0.1, 0.15) is 57.9 Å². The normalized spacial score (nSPS) is 20.9. The molecule has 0 aromatic carbocycles. The molecule has 1 N–H and O–H groups in total. The first kappa shape index (κ1) is 26.7. The molecule has 0 atom stereocenters. The van der Waals surface area contributed by atoms with Gasteiger partial charge >= 0.3 is 12.2 Å². The van der Waals surface area contributed by atoms with Crippen LogP contribution in [-0.4, -0.2) is 101 Å². The lowest BCUT2D eigenvalue weighted by Gasteiger charge is -2.42. The first-order chi connectivity index (χ1) is 18.0. The highest BCUT2D eigenvalue weighted by atomic mass is 32.2. The highest BCUT2D eigenvalue weighted by Gasteiger charge is 2.45. The van der Waals surface area contributed by atoms with Gasteiger partial charge in [0.1, 0.15) is 22.6 Å². The summed E-state index contributed by atoms with van der Waals surface area (Å²) in [5, 5.41) is 0.496. The number of fused-ring (bicyclic) bond motifs is 1. The fourth-order valence-corrected chi connectivity index (χ4v) is 7.30. The molecule has 3 saturated heterocycles. The molecule has 5 rings (SSSR count). The van der Waals surface area contributed by atoms with Gasteiger partial charge in [-0.05, 0) is 57.2 Å². The second kappa shape index (κ2) is 10.4. The molecule has 208 valence electrons. The number of amides is 2. The number of aromatic amines is 1. The van der Waals surface area contributed by atoms with Gasteiger partial charge in [-0.2, -0.15) is 0 Å². The maximum Gasteiger partial charge on any atom is 0.410 e. The van der Waals surface area contributed by atoms with Gasteiger partial charge in [-0.1, -0.05) is 0 Å². The third-order valence-corrected chi connectivity index (χ3v) is 9.85. The molecule has 0 radical (unpaired) electrons. The molecule has 2 amide bonds. The van der Waals surface area contributed by atoms with Crippen molar-refractivity contribution in [2.75, 3.05) is 39.3 Å². The summed E-state index contributed by atoms with van der Waals surface area (Å²) in [4.78, 5) is 35.5. The SMILES string of the molecule is CC(C)(C)OC(=O)N1CCC(OC(=O)N2CC(S(=O)(=O)N3CCC(c4c[nH]c5ncccc45)CC3)C2)CC1. The second-order valence-electron chi connectivity index (χ2n) is 11.4. The smallest absolute Gasteiger partial charge is 0.410 e. The lowest BCUT2D eigenvalue weighted by molar-refractivity contribution is -0.00218. The number of H-pyrrole nitrogens is 1. The third-order valence-electron chi connectivity index (χ3n) is 7.63. The number of sulfonamides is 1. The molecule has 2 aromatic rings. The van der Waals surface area contributed by atoms with Crippen LogP contribution in [0.3, 0.4) is 0 Å². The maximum absolute atomic E-state index is 13.2. The minimum atomic E-state index is -3.49. The topological polar surface area (TPSA) is 125 Å². The van der Waals surface area contributed by atoms with E-state index in [1.54, 1.807) is 15.4 Å². The number of nitrogens with one attached hydrogen (secondary N) is 1. The maximum atomic E-state index is 13.2. The van der Waals surface area contributed by atoms with Crippen molar-refractivity contribution in [3.05, 3.63) is 30.1 Å². The summed E-state index contributed by atoms with van der Waals surface area (Å²) >= 11 is 0. The van der Waals surface area contributed by atoms with Crippen LogP contribution in [0, 0.1) is 0 Å². The lowest BCUT2D eigenvalue weighted by atomic mass is 9.90. The molecular weight excluding hydrogens is 510 g/mol. The Morgan fingerprint density at radius 1 is 1.00 bits per heavy atom. The Hall–Kier alpha value is -2.86. The van der Waals surface area contributed by atoms with Crippen LogP contribution in [0.2, 0.25) is 0 Å². The molecule has 38 heavy (non-hydrogen) atoms. The zero-order valence-electron chi connectivity index (χ0n) is 22.3. The van der Waals surface area contributed by atoms with Crippen molar-refractivity contribution in [3.8, 4) is 0 Å². The number of hydrogen-bond acceptors (Lipinski definition) is 7. The third kappa shape index (κ3) is 5.61. The van der Waals surface area contributed by atoms with Crippen molar-refractivity contribution in [2.24, 2.45) is 0 Å². The zero-order chi connectivity index (χ0) is 27.1. The zero-order valence-corrected chi connectivity index (χ0v) is 23.1. The summed E-state index contributed by atoms with van der Waals surface area (Å²) in [5.74, 6) is 0.286. The monoisotopic (exact) mass is 547 g/mol. The van der Waals surface area contributed by atoms with Crippen molar-refractivity contribution >= 4 is 33.2 Å². The van der Waals surface area contributed by atoms with Crippen LogP contribution in [0.5, 0.6) is 0 Å². The van der Waals surface area contributed by atoms with Crippen LogP contribution in [0.15, 0.2) is 24.5 Å². The van der Waals surface area contributed by atoms with E-state index in [-0.39, 0.29) is 31.2 Å². The fraction of sp³-hybridized carbons (Fsp3) is 0.654. The lowest BCUT2D eigenvalue weighted by Crippen LogP contribution is -2.61. The van der Waals surface area contributed by atoms with Crippen LogP contribution in [-0.2, 0) is 19.5 Å². The van der Waals surface area contributed by atoms with Crippen LogP contribution in [0.25, 0.3) is 11.0 Å². The number of aromatic nitrogens is 2. The highest BCUT2D eigenvalue weighted by Crippen LogP contribution is 2.34. The van der Waals surface area contributed by atoms with Crippen molar-refractivity contribution in [3.63, 3.8) is 0 Å². The van der Waals surface area contributed by atoms with Crippen LogP contribution in [0.4, 0.5) is 9.59 Å². The Morgan fingerprint density at radius 3 is 2.34 bits per heavy atom. The Labute approximate surface area is 223 Å². The Morgan fingerprint density at radius 2 is 1.68 bits per heavy atom. The van der Waals surface area contributed by atoms with Gasteiger partial charge in [0.25, 0.3) is 0 Å². The summed E-state index contributed by atoms with van der Waals surface area (Å²) in [6, 6.07) is 3.96. The summed E-state index contributed by atoms with van der Waals surface area (Å²) in [6.45, 7) is 7.61. The predicted octanol–water partition coefficient (Wildman–Crippen LogP) is 3.29. The van der Waals surface area contributed by atoms with E-state index >= 15 is 0 Å². The van der Waals surface area contributed by atoms with Gasteiger partial charge in [-0.15, -0.1) is 0 Å².